The summed E-state index contributed by atoms with van der Waals surface area (Å²) in [6, 6.07) is 16.1. The monoisotopic (exact) mass is 281 g/mol. The van der Waals surface area contributed by atoms with E-state index in [1.165, 1.54) is 0 Å². The zero-order valence-electron chi connectivity index (χ0n) is 12.6. The molecule has 2 aromatic carbocycles. The van der Waals surface area contributed by atoms with E-state index in [4.69, 9.17) is 9.47 Å². The fraction of sp³-hybridized carbons (Fsp3) is 0.278. The average molecular weight is 281 g/mol. The molecule has 2 aromatic rings. The molecule has 0 aliphatic carbocycles. The minimum atomic E-state index is -0.228. The second-order valence-corrected chi connectivity index (χ2v) is 4.98. The van der Waals surface area contributed by atoms with Crippen LogP contribution >= 0.6 is 0 Å². The summed E-state index contributed by atoms with van der Waals surface area (Å²) in [7, 11) is 3.28. The van der Waals surface area contributed by atoms with E-state index in [0.29, 0.717) is 6.42 Å². The van der Waals surface area contributed by atoms with Crippen LogP contribution in [0, 0.1) is 18.3 Å². The lowest BCUT2D eigenvalue weighted by molar-refractivity contribution is 0.408. The van der Waals surface area contributed by atoms with Crippen molar-refractivity contribution in [2.24, 2.45) is 0 Å². The normalized spacial score (nSPS) is 11.5. The number of methoxy groups -OCH3 is 2. The first-order chi connectivity index (χ1) is 10.2. The van der Waals surface area contributed by atoms with E-state index >= 15 is 0 Å². The van der Waals surface area contributed by atoms with Gasteiger partial charge in [0.15, 0.2) is 0 Å². The first-order valence-electron chi connectivity index (χ1n) is 6.85. The third-order valence-electron chi connectivity index (χ3n) is 3.52. The minimum absolute atomic E-state index is 0.228. The van der Waals surface area contributed by atoms with Crippen LogP contribution in [0.5, 0.6) is 11.5 Å². The number of benzene rings is 2. The topological polar surface area (TPSA) is 42.2 Å². The second-order valence-electron chi connectivity index (χ2n) is 4.98. The number of ether oxygens (including phenoxy) is 2. The molecule has 2 rings (SSSR count). The molecule has 0 N–H and O–H groups in total. The van der Waals surface area contributed by atoms with Crippen LogP contribution in [0.4, 0.5) is 0 Å². The number of hydrogen-bond acceptors (Lipinski definition) is 3. The van der Waals surface area contributed by atoms with Gasteiger partial charge in [-0.2, -0.15) is 5.26 Å². The molecule has 0 heterocycles. The first-order valence-corrected chi connectivity index (χ1v) is 6.85. The smallest absolute Gasteiger partial charge is 0.123 e. The van der Waals surface area contributed by atoms with Crippen molar-refractivity contribution >= 4 is 0 Å². The highest BCUT2D eigenvalue weighted by Gasteiger charge is 2.16. The first kappa shape index (κ1) is 14.9. The Hall–Kier alpha value is -2.47. The molecule has 0 radical (unpaired) electrons. The molecule has 1 atom stereocenters. The van der Waals surface area contributed by atoms with Gasteiger partial charge in [-0.1, -0.05) is 29.8 Å². The SMILES string of the molecule is COc1ccc(CC(C#N)c2cc(C)ccc2OC)cc1. The van der Waals surface area contributed by atoms with Gasteiger partial charge in [-0.15, -0.1) is 0 Å². The molecule has 0 saturated heterocycles. The third kappa shape index (κ3) is 3.55. The summed E-state index contributed by atoms with van der Waals surface area (Å²) >= 11 is 0. The molecule has 0 saturated carbocycles. The Morgan fingerprint density at radius 2 is 1.76 bits per heavy atom. The average Bonchev–Trinajstić information content (AvgIpc) is 2.53. The van der Waals surface area contributed by atoms with Crippen LogP contribution in [-0.2, 0) is 6.42 Å². The largest absolute Gasteiger partial charge is 0.497 e. The number of nitrogens with zero attached hydrogens (tertiary/aromatic N) is 1. The molecule has 0 fully saturated rings. The number of aryl methyl sites for hydroxylation is 1. The molecule has 0 spiro atoms. The zero-order chi connectivity index (χ0) is 15.2. The van der Waals surface area contributed by atoms with Gasteiger partial charge in [0.2, 0.25) is 0 Å². The van der Waals surface area contributed by atoms with E-state index in [1.54, 1.807) is 14.2 Å². The van der Waals surface area contributed by atoms with Gasteiger partial charge in [0.1, 0.15) is 11.5 Å². The Morgan fingerprint density at radius 3 is 2.33 bits per heavy atom. The lowest BCUT2D eigenvalue weighted by Crippen LogP contribution is -2.03. The molecule has 0 aromatic heterocycles. The summed E-state index contributed by atoms with van der Waals surface area (Å²) in [4.78, 5) is 0. The van der Waals surface area contributed by atoms with Gasteiger partial charge in [-0.05, 0) is 37.1 Å². The van der Waals surface area contributed by atoms with Gasteiger partial charge in [-0.25, -0.2) is 0 Å². The summed E-state index contributed by atoms with van der Waals surface area (Å²) in [6.45, 7) is 2.02. The molecule has 0 aliphatic rings. The zero-order valence-corrected chi connectivity index (χ0v) is 12.6. The van der Waals surface area contributed by atoms with Crippen LogP contribution in [0.1, 0.15) is 22.6 Å². The van der Waals surface area contributed by atoms with E-state index in [0.717, 1.165) is 28.2 Å². The van der Waals surface area contributed by atoms with Crippen LogP contribution < -0.4 is 9.47 Å². The standard InChI is InChI=1S/C18H19NO2/c1-13-4-9-18(21-3)17(10-13)15(12-19)11-14-5-7-16(20-2)8-6-14/h4-10,15H,11H2,1-3H3. The van der Waals surface area contributed by atoms with Crippen LogP contribution in [-0.4, -0.2) is 14.2 Å². The van der Waals surface area contributed by atoms with Crippen molar-refractivity contribution in [2.45, 2.75) is 19.3 Å². The Labute approximate surface area is 125 Å². The molecule has 21 heavy (non-hydrogen) atoms. The van der Waals surface area contributed by atoms with Crippen molar-refractivity contribution in [3.63, 3.8) is 0 Å². The molecular weight excluding hydrogens is 262 g/mol. The van der Waals surface area contributed by atoms with Crippen molar-refractivity contribution in [1.82, 2.24) is 0 Å². The number of nitriles is 1. The van der Waals surface area contributed by atoms with Crippen molar-refractivity contribution in [1.29, 1.82) is 5.26 Å². The molecule has 0 bridgehead atoms. The van der Waals surface area contributed by atoms with Gasteiger partial charge in [0.05, 0.1) is 26.2 Å². The van der Waals surface area contributed by atoms with Crippen molar-refractivity contribution in [3.8, 4) is 17.6 Å². The summed E-state index contributed by atoms with van der Waals surface area (Å²) in [6.07, 6.45) is 0.653. The quantitative estimate of drug-likeness (QED) is 0.835. The van der Waals surface area contributed by atoms with Gasteiger partial charge >= 0.3 is 0 Å². The molecule has 3 nitrogen and oxygen atoms in total. The van der Waals surface area contributed by atoms with Crippen LogP contribution in [0.15, 0.2) is 42.5 Å². The maximum absolute atomic E-state index is 9.52. The predicted octanol–water partition coefficient (Wildman–Crippen LogP) is 3.86. The maximum Gasteiger partial charge on any atom is 0.123 e. The van der Waals surface area contributed by atoms with E-state index in [2.05, 4.69) is 6.07 Å². The third-order valence-corrected chi connectivity index (χ3v) is 3.52. The molecule has 0 amide bonds. The number of rotatable bonds is 5. The predicted molar refractivity (Wildman–Crippen MR) is 82.8 cm³/mol. The summed E-state index contributed by atoms with van der Waals surface area (Å²) in [5, 5.41) is 9.52. The minimum Gasteiger partial charge on any atom is -0.497 e. The second kappa shape index (κ2) is 6.81. The fourth-order valence-corrected chi connectivity index (χ4v) is 2.35. The Balaban J connectivity index is 2.27. The van der Waals surface area contributed by atoms with E-state index in [1.807, 2.05) is 49.4 Å². The summed E-state index contributed by atoms with van der Waals surface area (Å²) < 4.78 is 10.5. The van der Waals surface area contributed by atoms with Crippen LogP contribution in [0.25, 0.3) is 0 Å². The lowest BCUT2D eigenvalue weighted by atomic mass is 9.91. The molecular formula is C18H19NO2. The number of hydrogen-bond donors (Lipinski definition) is 0. The lowest BCUT2D eigenvalue weighted by Gasteiger charge is -2.15. The van der Waals surface area contributed by atoms with Crippen molar-refractivity contribution in [3.05, 3.63) is 59.2 Å². The van der Waals surface area contributed by atoms with Crippen LogP contribution in [0.3, 0.4) is 0 Å². The Bertz CT molecular complexity index is 641. The van der Waals surface area contributed by atoms with E-state index in [-0.39, 0.29) is 5.92 Å². The Kier molecular flexibility index (Phi) is 4.84. The Morgan fingerprint density at radius 1 is 1.05 bits per heavy atom. The molecule has 1 unspecified atom stereocenters. The fourth-order valence-electron chi connectivity index (χ4n) is 2.35. The van der Waals surface area contributed by atoms with E-state index < -0.39 is 0 Å². The van der Waals surface area contributed by atoms with Gasteiger partial charge < -0.3 is 9.47 Å². The highest BCUT2D eigenvalue weighted by Crippen LogP contribution is 2.30. The molecule has 108 valence electrons. The van der Waals surface area contributed by atoms with Gasteiger partial charge in [0.25, 0.3) is 0 Å². The highest BCUT2D eigenvalue weighted by molar-refractivity contribution is 5.43. The van der Waals surface area contributed by atoms with Crippen molar-refractivity contribution in [2.75, 3.05) is 14.2 Å². The van der Waals surface area contributed by atoms with Crippen LogP contribution in [0.2, 0.25) is 0 Å². The summed E-state index contributed by atoms with van der Waals surface area (Å²) in [5.41, 5.74) is 3.17. The van der Waals surface area contributed by atoms with Gasteiger partial charge in [0, 0.05) is 5.56 Å². The highest BCUT2D eigenvalue weighted by atomic mass is 16.5. The van der Waals surface area contributed by atoms with E-state index in [9.17, 15) is 5.26 Å². The van der Waals surface area contributed by atoms with Gasteiger partial charge in [-0.3, -0.25) is 0 Å². The summed E-state index contributed by atoms with van der Waals surface area (Å²) in [5.74, 6) is 1.36. The molecule has 0 aliphatic heterocycles. The maximum atomic E-state index is 9.52. The molecule has 3 heteroatoms. The van der Waals surface area contributed by atoms with Crippen molar-refractivity contribution < 1.29 is 9.47 Å².